The fraction of sp³-hybridized carbons (Fsp3) is 0.471. The van der Waals surface area contributed by atoms with Gasteiger partial charge >= 0.3 is 0 Å². The molecule has 1 aromatic carbocycles. The molecule has 2 amide bonds. The maximum absolute atomic E-state index is 12.0. The summed E-state index contributed by atoms with van der Waals surface area (Å²) in [6.45, 7) is 6.35. The quantitative estimate of drug-likeness (QED) is 0.784. The Morgan fingerprint density at radius 2 is 1.92 bits per heavy atom. The van der Waals surface area contributed by atoms with Crippen LogP contribution in [0.5, 0.6) is 0 Å². The lowest BCUT2D eigenvalue weighted by molar-refractivity contribution is -0.131. The first kappa shape index (κ1) is 19.5. The lowest BCUT2D eigenvalue weighted by atomic mass is 10.2. The number of rotatable bonds is 4. The van der Waals surface area contributed by atoms with E-state index >= 15 is 0 Å². The van der Waals surface area contributed by atoms with Gasteiger partial charge in [-0.25, -0.2) is 0 Å². The molecule has 8 heteroatoms. The van der Waals surface area contributed by atoms with Gasteiger partial charge in [0.05, 0.1) is 10.7 Å². The Labute approximate surface area is 158 Å². The molecular formula is C17H23ClN4O2S. The number of piperazine rings is 1. The van der Waals surface area contributed by atoms with Crippen LogP contribution >= 0.6 is 23.8 Å². The fourth-order valence-electron chi connectivity index (χ4n) is 2.73. The highest BCUT2D eigenvalue weighted by Crippen LogP contribution is 2.29. The minimum absolute atomic E-state index is 0.222. The van der Waals surface area contributed by atoms with Gasteiger partial charge in [-0.1, -0.05) is 18.5 Å². The van der Waals surface area contributed by atoms with Crippen LogP contribution in [0.15, 0.2) is 18.2 Å². The Morgan fingerprint density at radius 3 is 2.48 bits per heavy atom. The predicted molar refractivity (Wildman–Crippen MR) is 105 cm³/mol. The number of amides is 2. The van der Waals surface area contributed by atoms with Gasteiger partial charge in [0.1, 0.15) is 0 Å². The van der Waals surface area contributed by atoms with Crippen molar-refractivity contribution in [3.8, 4) is 0 Å². The van der Waals surface area contributed by atoms with Crippen LogP contribution < -0.4 is 15.5 Å². The smallest absolute Gasteiger partial charge is 0.222 e. The molecule has 0 radical (unpaired) electrons. The van der Waals surface area contributed by atoms with E-state index < -0.39 is 0 Å². The number of halogens is 1. The Morgan fingerprint density at radius 1 is 1.24 bits per heavy atom. The molecule has 1 fully saturated rings. The monoisotopic (exact) mass is 382 g/mol. The second kappa shape index (κ2) is 9.01. The van der Waals surface area contributed by atoms with E-state index in [-0.39, 0.29) is 16.9 Å². The van der Waals surface area contributed by atoms with Gasteiger partial charge in [-0.3, -0.25) is 9.59 Å². The van der Waals surface area contributed by atoms with Crippen molar-refractivity contribution in [1.82, 2.24) is 10.2 Å². The molecule has 0 atom stereocenters. The Hall–Kier alpha value is -1.86. The molecule has 2 N–H and O–H groups in total. The van der Waals surface area contributed by atoms with Gasteiger partial charge in [-0.15, -0.1) is 0 Å². The lowest BCUT2D eigenvalue weighted by Crippen LogP contribution is -2.48. The normalized spacial score (nSPS) is 14.2. The van der Waals surface area contributed by atoms with Gasteiger partial charge in [-0.2, -0.15) is 0 Å². The number of anilines is 2. The van der Waals surface area contributed by atoms with Crippen molar-refractivity contribution in [3.05, 3.63) is 23.2 Å². The number of carbonyl (C=O) groups excluding carboxylic acids is 2. The third-order valence-corrected chi connectivity index (χ3v) is 4.44. The molecule has 0 bridgehead atoms. The molecule has 6 nitrogen and oxygen atoms in total. The van der Waals surface area contributed by atoms with Gasteiger partial charge in [0.15, 0.2) is 5.11 Å². The summed E-state index contributed by atoms with van der Waals surface area (Å²) in [5.41, 5.74) is 1.64. The molecule has 1 heterocycles. The third kappa shape index (κ3) is 5.57. The van der Waals surface area contributed by atoms with Crippen LogP contribution in [-0.4, -0.2) is 48.0 Å². The summed E-state index contributed by atoms with van der Waals surface area (Å²) in [6.07, 6.45) is 1.48. The van der Waals surface area contributed by atoms with Gasteiger partial charge in [0, 0.05) is 45.2 Å². The summed E-state index contributed by atoms with van der Waals surface area (Å²) in [4.78, 5) is 27.0. The summed E-state index contributed by atoms with van der Waals surface area (Å²) >= 11 is 11.4. The molecule has 0 spiro atoms. The number of nitrogens with one attached hydrogen (secondary N) is 2. The zero-order chi connectivity index (χ0) is 18.4. The van der Waals surface area contributed by atoms with Crippen molar-refractivity contribution in [2.75, 3.05) is 36.4 Å². The van der Waals surface area contributed by atoms with Crippen LogP contribution in [0.2, 0.25) is 5.02 Å². The summed E-state index contributed by atoms with van der Waals surface area (Å²) in [5, 5.41) is 6.27. The van der Waals surface area contributed by atoms with Crippen molar-refractivity contribution in [2.24, 2.45) is 0 Å². The Kier molecular flexibility index (Phi) is 7.01. The van der Waals surface area contributed by atoms with E-state index in [0.717, 1.165) is 25.2 Å². The summed E-state index contributed by atoms with van der Waals surface area (Å²) in [6, 6.07) is 5.56. The number of hydrogen-bond donors (Lipinski definition) is 2. The standard InChI is InChI=1S/C17H23ClN4O2S/c1-3-4-16(24)22-9-7-21(8-10-22)15-6-5-13(11-14(15)18)20-17(25)19-12(2)23/h5-6,11H,3-4,7-10H2,1-2H3,(H2,19,20,23,25). The van der Waals surface area contributed by atoms with Gasteiger partial charge in [0.25, 0.3) is 0 Å². The maximum atomic E-state index is 12.0. The van der Waals surface area contributed by atoms with E-state index in [0.29, 0.717) is 30.2 Å². The number of hydrogen-bond acceptors (Lipinski definition) is 4. The highest BCUT2D eigenvalue weighted by Gasteiger charge is 2.22. The molecule has 1 aliphatic rings. The molecular weight excluding hydrogens is 360 g/mol. The van der Waals surface area contributed by atoms with Crippen LogP contribution in [0.25, 0.3) is 0 Å². The first-order valence-electron chi connectivity index (χ1n) is 8.31. The zero-order valence-corrected chi connectivity index (χ0v) is 16.0. The van der Waals surface area contributed by atoms with Crippen LogP contribution in [0.3, 0.4) is 0 Å². The van der Waals surface area contributed by atoms with Crippen LogP contribution in [-0.2, 0) is 9.59 Å². The Bertz CT molecular complexity index is 660. The SMILES string of the molecule is CCCC(=O)N1CCN(c2ccc(NC(=S)NC(C)=O)cc2Cl)CC1. The second-order valence-electron chi connectivity index (χ2n) is 5.92. The molecule has 2 rings (SSSR count). The van der Waals surface area contributed by atoms with Crippen LogP contribution in [0.1, 0.15) is 26.7 Å². The zero-order valence-electron chi connectivity index (χ0n) is 14.5. The fourth-order valence-corrected chi connectivity index (χ4v) is 3.29. The van der Waals surface area contributed by atoms with Crippen molar-refractivity contribution < 1.29 is 9.59 Å². The van der Waals surface area contributed by atoms with E-state index in [2.05, 4.69) is 15.5 Å². The van der Waals surface area contributed by atoms with E-state index in [1.807, 2.05) is 24.0 Å². The Balaban J connectivity index is 1.96. The minimum Gasteiger partial charge on any atom is -0.367 e. The highest BCUT2D eigenvalue weighted by atomic mass is 35.5. The average Bonchev–Trinajstić information content (AvgIpc) is 2.54. The molecule has 25 heavy (non-hydrogen) atoms. The molecule has 0 unspecified atom stereocenters. The molecule has 1 aliphatic heterocycles. The van der Waals surface area contributed by atoms with E-state index in [1.165, 1.54) is 6.92 Å². The minimum atomic E-state index is -0.226. The van der Waals surface area contributed by atoms with Gasteiger partial charge < -0.3 is 20.4 Å². The summed E-state index contributed by atoms with van der Waals surface area (Å²) < 4.78 is 0. The van der Waals surface area contributed by atoms with Gasteiger partial charge in [-0.05, 0) is 36.8 Å². The van der Waals surface area contributed by atoms with Crippen molar-refractivity contribution in [2.45, 2.75) is 26.7 Å². The van der Waals surface area contributed by atoms with Crippen molar-refractivity contribution in [3.63, 3.8) is 0 Å². The molecule has 1 saturated heterocycles. The third-order valence-electron chi connectivity index (χ3n) is 3.93. The molecule has 0 aliphatic carbocycles. The number of benzene rings is 1. The molecule has 0 aromatic heterocycles. The first-order chi connectivity index (χ1) is 11.9. The van der Waals surface area contributed by atoms with Crippen LogP contribution in [0, 0.1) is 0 Å². The molecule has 0 saturated carbocycles. The maximum Gasteiger partial charge on any atom is 0.222 e. The largest absolute Gasteiger partial charge is 0.367 e. The second-order valence-corrected chi connectivity index (χ2v) is 6.73. The highest BCUT2D eigenvalue weighted by molar-refractivity contribution is 7.80. The molecule has 136 valence electrons. The number of carbonyl (C=O) groups is 2. The van der Waals surface area contributed by atoms with Crippen LogP contribution in [0.4, 0.5) is 11.4 Å². The van der Waals surface area contributed by atoms with Gasteiger partial charge in [0.2, 0.25) is 11.8 Å². The topological polar surface area (TPSA) is 64.7 Å². The average molecular weight is 383 g/mol. The summed E-state index contributed by atoms with van der Waals surface area (Å²) in [7, 11) is 0. The first-order valence-corrected chi connectivity index (χ1v) is 9.10. The lowest BCUT2D eigenvalue weighted by Gasteiger charge is -2.36. The van der Waals surface area contributed by atoms with Crippen molar-refractivity contribution in [1.29, 1.82) is 0 Å². The number of nitrogens with zero attached hydrogens (tertiary/aromatic N) is 2. The van der Waals surface area contributed by atoms with Crippen molar-refractivity contribution >= 4 is 52.1 Å². The number of thiocarbonyl (C=S) groups is 1. The van der Waals surface area contributed by atoms with E-state index in [4.69, 9.17) is 23.8 Å². The van der Waals surface area contributed by atoms with E-state index in [1.54, 1.807) is 6.07 Å². The predicted octanol–water partition coefficient (Wildman–Crippen LogP) is 2.62. The molecule has 1 aromatic rings. The van der Waals surface area contributed by atoms with E-state index in [9.17, 15) is 9.59 Å². The summed E-state index contributed by atoms with van der Waals surface area (Å²) in [5.74, 6) is -0.00464.